The van der Waals surface area contributed by atoms with Gasteiger partial charge in [-0.15, -0.1) is 0 Å². The van der Waals surface area contributed by atoms with Crippen LogP contribution in [0.3, 0.4) is 0 Å². The van der Waals surface area contributed by atoms with Crippen LogP contribution in [0.1, 0.15) is 58.3 Å². The van der Waals surface area contributed by atoms with Crippen molar-refractivity contribution in [2.45, 2.75) is 64.3 Å². The van der Waals surface area contributed by atoms with Gasteiger partial charge in [-0.2, -0.15) is 0 Å². The highest BCUT2D eigenvalue weighted by atomic mass is 79.9. The second-order valence-electron chi connectivity index (χ2n) is 5.01. The van der Waals surface area contributed by atoms with Gasteiger partial charge in [0.2, 0.25) is 5.91 Å². The highest BCUT2D eigenvalue weighted by Crippen LogP contribution is 2.25. The zero-order chi connectivity index (χ0) is 11.8. The Bertz CT molecular complexity index is 200. The fourth-order valence-electron chi connectivity index (χ4n) is 2.40. The van der Waals surface area contributed by atoms with Gasteiger partial charge in [0.25, 0.3) is 0 Å². The maximum absolute atomic E-state index is 11.8. The van der Waals surface area contributed by atoms with Crippen LogP contribution in [0.5, 0.6) is 0 Å². The Morgan fingerprint density at radius 1 is 1.31 bits per heavy atom. The minimum atomic E-state index is 0.250. The van der Waals surface area contributed by atoms with Crippen LogP contribution >= 0.6 is 15.9 Å². The average Bonchev–Trinajstić information content (AvgIpc) is 2.46. The minimum Gasteiger partial charge on any atom is -0.354 e. The fourth-order valence-corrected chi connectivity index (χ4v) is 3.09. The van der Waals surface area contributed by atoms with Gasteiger partial charge in [-0.1, -0.05) is 41.6 Å². The van der Waals surface area contributed by atoms with Crippen molar-refractivity contribution in [2.24, 2.45) is 5.92 Å². The SMILES string of the molecule is CC(CCBr)NC(=O)CC1CCCCCC1. The third-order valence-corrected chi connectivity index (χ3v) is 3.86. The third kappa shape index (κ3) is 5.88. The number of carbonyl (C=O) groups excluding carboxylic acids is 1. The van der Waals surface area contributed by atoms with E-state index in [1.165, 1.54) is 38.5 Å². The molecular weight excluding hydrogens is 266 g/mol. The molecule has 1 fully saturated rings. The Balaban J connectivity index is 2.21. The van der Waals surface area contributed by atoms with Crippen LogP contribution in [0.15, 0.2) is 0 Å². The van der Waals surface area contributed by atoms with Crippen molar-refractivity contribution in [1.82, 2.24) is 5.32 Å². The summed E-state index contributed by atoms with van der Waals surface area (Å²) in [5.74, 6) is 0.888. The van der Waals surface area contributed by atoms with E-state index >= 15 is 0 Å². The third-order valence-electron chi connectivity index (χ3n) is 3.40. The van der Waals surface area contributed by atoms with Crippen molar-refractivity contribution >= 4 is 21.8 Å². The molecular formula is C13H24BrNO. The lowest BCUT2D eigenvalue weighted by atomic mass is 9.96. The monoisotopic (exact) mass is 289 g/mol. The zero-order valence-electron chi connectivity index (χ0n) is 10.3. The van der Waals surface area contributed by atoms with Crippen molar-refractivity contribution < 1.29 is 4.79 Å². The quantitative estimate of drug-likeness (QED) is 0.608. The van der Waals surface area contributed by atoms with Gasteiger partial charge in [0, 0.05) is 17.8 Å². The second kappa shape index (κ2) is 8.10. The van der Waals surface area contributed by atoms with E-state index in [9.17, 15) is 4.79 Å². The van der Waals surface area contributed by atoms with Crippen LogP contribution < -0.4 is 5.32 Å². The summed E-state index contributed by atoms with van der Waals surface area (Å²) in [6.07, 6.45) is 9.60. The van der Waals surface area contributed by atoms with E-state index in [1.54, 1.807) is 0 Å². The molecule has 1 aliphatic carbocycles. The van der Waals surface area contributed by atoms with Crippen LogP contribution in [-0.4, -0.2) is 17.3 Å². The lowest BCUT2D eigenvalue weighted by Crippen LogP contribution is -2.33. The number of rotatable bonds is 5. The zero-order valence-corrected chi connectivity index (χ0v) is 11.9. The topological polar surface area (TPSA) is 29.1 Å². The first-order valence-electron chi connectivity index (χ1n) is 6.57. The number of hydrogen-bond acceptors (Lipinski definition) is 1. The summed E-state index contributed by atoms with van der Waals surface area (Å²) in [4.78, 5) is 11.8. The molecule has 1 atom stereocenters. The summed E-state index contributed by atoms with van der Waals surface area (Å²) in [5, 5.41) is 4.04. The summed E-state index contributed by atoms with van der Waals surface area (Å²) >= 11 is 3.40. The minimum absolute atomic E-state index is 0.250. The first-order chi connectivity index (χ1) is 7.72. The summed E-state index contributed by atoms with van der Waals surface area (Å²) in [6.45, 7) is 2.08. The van der Waals surface area contributed by atoms with Gasteiger partial charge >= 0.3 is 0 Å². The van der Waals surface area contributed by atoms with Gasteiger partial charge in [0.05, 0.1) is 0 Å². The molecule has 1 rings (SSSR count). The van der Waals surface area contributed by atoms with E-state index in [1.807, 2.05) is 0 Å². The van der Waals surface area contributed by atoms with E-state index in [-0.39, 0.29) is 5.91 Å². The predicted octanol–water partition coefficient (Wildman–Crippen LogP) is 3.64. The number of hydrogen-bond donors (Lipinski definition) is 1. The van der Waals surface area contributed by atoms with Gasteiger partial charge < -0.3 is 5.32 Å². The van der Waals surface area contributed by atoms with Gasteiger partial charge in [-0.05, 0) is 32.1 Å². The highest BCUT2D eigenvalue weighted by molar-refractivity contribution is 9.09. The number of halogens is 1. The molecule has 0 aromatic rings. The molecule has 0 bridgehead atoms. The van der Waals surface area contributed by atoms with Crippen LogP contribution in [0, 0.1) is 5.92 Å². The smallest absolute Gasteiger partial charge is 0.220 e. The maximum atomic E-state index is 11.8. The molecule has 1 saturated carbocycles. The second-order valence-corrected chi connectivity index (χ2v) is 5.80. The van der Waals surface area contributed by atoms with E-state index in [0.717, 1.165) is 18.2 Å². The summed E-state index contributed by atoms with van der Waals surface area (Å²) in [7, 11) is 0. The molecule has 1 N–H and O–H groups in total. The van der Waals surface area contributed by atoms with Gasteiger partial charge in [0.1, 0.15) is 0 Å². The molecule has 94 valence electrons. The van der Waals surface area contributed by atoms with E-state index in [0.29, 0.717) is 12.0 Å². The molecule has 16 heavy (non-hydrogen) atoms. The molecule has 2 nitrogen and oxygen atoms in total. The van der Waals surface area contributed by atoms with Crippen molar-refractivity contribution in [3.05, 3.63) is 0 Å². The van der Waals surface area contributed by atoms with Crippen LogP contribution in [-0.2, 0) is 4.79 Å². The summed E-state index contributed by atoms with van der Waals surface area (Å²) < 4.78 is 0. The van der Waals surface area contributed by atoms with Gasteiger partial charge in [-0.3, -0.25) is 4.79 Å². The molecule has 1 aliphatic rings. The molecule has 0 saturated heterocycles. The Hall–Kier alpha value is -0.0500. The lowest BCUT2D eigenvalue weighted by molar-refractivity contribution is -0.122. The van der Waals surface area contributed by atoms with E-state index in [4.69, 9.17) is 0 Å². The molecule has 0 heterocycles. The van der Waals surface area contributed by atoms with Crippen molar-refractivity contribution in [1.29, 1.82) is 0 Å². The summed E-state index contributed by atoms with van der Waals surface area (Å²) in [5.41, 5.74) is 0. The standard InChI is InChI=1S/C13H24BrNO/c1-11(8-9-14)15-13(16)10-12-6-4-2-3-5-7-12/h11-12H,2-10H2,1H3,(H,15,16). The molecule has 0 radical (unpaired) electrons. The van der Waals surface area contributed by atoms with Gasteiger partial charge in [-0.25, -0.2) is 0 Å². The van der Waals surface area contributed by atoms with Crippen LogP contribution in [0.25, 0.3) is 0 Å². The lowest BCUT2D eigenvalue weighted by Gasteiger charge is -2.16. The number of nitrogens with one attached hydrogen (secondary N) is 1. The van der Waals surface area contributed by atoms with Crippen LogP contribution in [0.4, 0.5) is 0 Å². The Morgan fingerprint density at radius 3 is 2.50 bits per heavy atom. The molecule has 1 amide bonds. The maximum Gasteiger partial charge on any atom is 0.220 e. The number of carbonyl (C=O) groups is 1. The Kier molecular flexibility index (Phi) is 7.10. The first-order valence-corrected chi connectivity index (χ1v) is 7.70. The van der Waals surface area contributed by atoms with E-state index in [2.05, 4.69) is 28.2 Å². The summed E-state index contributed by atoms with van der Waals surface area (Å²) in [6, 6.07) is 0.303. The van der Waals surface area contributed by atoms with Crippen molar-refractivity contribution in [3.8, 4) is 0 Å². The van der Waals surface area contributed by atoms with Crippen molar-refractivity contribution in [2.75, 3.05) is 5.33 Å². The molecule has 0 aromatic carbocycles. The average molecular weight is 290 g/mol. The Labute approximate surface area is 108 Å². The highest BCUT2D eigenvalue weighted by Gasteiger charge is 2.16. The van der Waals surface area contributed by atoms with Gasteiger partial charge in [0.15, 0.2) is 0 Å². The predicted molar refractivity (Wildman–Crippen MR) is 71.8 cm³/mol. The first kappa shape index (κ1) is 14.0. The van der Waals surface area contributed by atoms with Crippen molar-refractivity contribution in [3.63, 3.8) is 0 Å². The molecule has 0 aromatic heterocycles. The number of amides is 1. The fraction of sp³-hybridized carbons (Fsp3) is 0.923. The molecule has 0 aliphatic heterocycles. The number of alkyl halides is 1. The largest absolute Gasteiger partial charge is 0.354 e. The molecule has 0 spiro atoms. The Morgan fingerprint density at radius 2 is 1.94 bits per heavy atom. The molecule has 3 heteroatoms. The van der Waals surface area contributed by atoms with Crippen LogP contribution in [0.2, 0.25) is 0 Å². The van der Waals surface area contributed by atoms with E-state index < -0.39 is 0 Å². The normalized spacial score (nSPS) is 20.1. The molecule has 1 unspecified atom stereocenters.